The zero-order chi connectivity index (χ0) is 15.6. The van der Waals surface area contributed by atoms with E-state index in [-0.39, 0.29) is 29.2 Å². The molecule has 20 heavy (non-hydrogen) atoms. The van der Waals surface area contributed by atoms with Gasteiger partial charge < -0.3 is 26.4 Å². The molecular formula is C14H28N2O4. The van der Waals surface area contributed by atoms with E-state index in [2.05, 4.69) is 5.32 Å². The molecule has 0 saturated heterocycles. The molecule has 0 aromatic heterocycles. The number of hydrogen-bond acceptors (Lipinski definition) is 5. The number of carbonyl (C=O) groups is 1. The Morgan fingerprint density at radius 1 is 1.25 bits per heavy atom. The van der Waals surface area contributed by atoms with Crippen LogP contribution < -0.4 is 11.1 Å². The van der Waals surface area contributed by atoms with Crippen molar-refractivity contribution < 1.29 is 20.1 Å². The minimum atomic E-state index is -1.37. The standard InChI is InChI=1S/C14H28N2O4/c1-9-11(15)5-4-10(13(9,2)3)12(20)16-14(6-17,7-18)8-19/h9-11,17-19H,4-8,15H2,1-3H3,(H,16,20). The Hall–Kier alpha value is -0.690. The fraction of sp³-hybridized carbons (Fsp3) is 0.929. The summed E-state index contributed by atoms with van der Waals surface area (Å²) >= 11 is 0. The molecule has 1 rings (SSSR count). The average Bonchev–Trinajstić information content (AvgIpc) is 2.42. The molecule has 0 spiro atoms. The van der Waals surface area contributed by atoms with Crippen LogP contribution in [0, 0.1) is 17.3 Å². The van der Waals surface area contributed by atoms with Crippen LogP contribution in [0.1, 0.15) is 33.6 Å². The van der Waals surface area contributed by atoms with Crippen molar-refractivity contribution in [2.45, 2.75) is 45.2 Å². The third-order valence-corrected chi connectivity index (χ3v) is 5.12. The van der Waals surface area contributed by atoms with E-state index in [9.17, 15) is 20.1 Å². The first-order valence-electron chi connectivity index (χ1n) is 7.14. The molecule has 1 aliphatic rings. The predicted molar refractivity (Wildman–Crippen MR) is 75.8 cm³/mol. The molecule has 1 saturated carbocycles. The summed E-state index contributed by atoms with van der Waals surface area (Å²) in [4.78, 5) is 12.5. The van der Waals surface area contributed by atoms with Gasteiger partial charge in [0.1, 0.15) is 5.54 Å². The molecule has 3 unspecified atom stereocenters. The first-order chi connectivity index (χ1) is 9.24. The molecule has 118 valence electrons. The first kappa shape index (κ1) is 17.4. The molecule has 1 fully saturated rings. The van der Waals surface area contributed by atoms with Crippen LogP contribution in [0.3, 0.4) is 0 Å². The number of hydrogen-bond donors (Lipinski definition) is 5. The SMILES string of the molecule is CC1C(N)CCC(C(=O)NC(CO)(CO)CO)C1(C)C. The molecule has 0 aromatic rings. The highest BCUT2D eigenvalue weighted by atomic mass is 16.3. The van der Waals surface area contributed by atoms with E-state index in [1.54, 1.807) is 0 Å². The smallest absolute Gasteiger partial charge is 0.224 e. The molecule has 0 bridgehead atoms. The number of rotatable bonds is 5. The lowest BCUT2D eigenvalue weighted by Crippen LogP contribution is -2.61. The van der Waals surface area contributed by atoms with Crippen LogP contribution in [-0.4, -0.2) is 52.6 Å². The summed E-state index contributed by atoms with van der Waals surface area (Å²) in [6, 6.07) is 0.0762. The fourth-order valence-corrected chi connectivity index (χ4v) is 2.94. The topological polar surface area (TPSA) is 116 Å². The number of aliphatic hydroxyl groups excluding tert-OH is 3. The fourth-order valence-electron chi connectivity index (χ4n) is 2.94. The maximum absolute atomic E-state index is 12.5. The van der Waals surface area contributed by atoms with Gasteiger partial charge in [-0.15, -0.1) is 0 Å². The van der Waals surface area contributed by atoms with Crippen LogP contribution in [0.2, 0.25) is 0 Å². The number of nitrogens with one attached hydrogen (secondary N) is 1. The van der Waals surface area contributed by atoms with E-state index in [1.807, 2.05) is 20.8 Å². The maximum atomic E-state index is 12.5. The van der Waals surface area contributed by atoms with Crippen molar-refractivity contribution in [1.82, 2.24) is 5.32 Å². The van der Waals surface area contributed by atoms with E-state index in [4.69, 9.17) is 5.73 Å². The molecule has 0 aliphatic heterocycles. The molecule has 1 amide bonds. The lowest BCUT2D eigenvalue weighted by atomic mass is 9.61. The van der Waals surface area contributed by atoms with Gasteiger partial charge >= 0.3 is 0 Å². The van der Waals surface area contributed by atoms with Gasteiger partial charge in [-0.1, -0.05) is 20.8 Å². The van der Waals surface area contributed by atoms with Gasteiger partial charge in [-0.25, -0.2) is 0 Å². The van der Waals surface area contributed by atoms with Crippen LogP contribution in [0.15, 0.2) is 0 Å². The normalized spacial score (nSPS) is 30.1. The highest BCUT2D eigenvalue weighted by Gasteiger charge is 2.46. The second kappa shape index (κ2) is 6.39. The van der Waals surface area contributed by atoms with Crippen molar-refractivity contribution in [3.8, 4) is 0 Å². The van der Waals surface area contributed by atoms with Crippen LogP contribution in [0.25, 0.3) is 0 Å². The molecule has 1 aliphatic carbocycles. The summed E-state index contributed by atoms with van der Waals surface area (Å²) in [6.45, 7) is 4.55. The van der Waals surface area contributed by atoms with Gasteiger partial charge in [0.2, 0.25) is 5.91 Å². The Kier molecular flexibility index (Phi) is 5.54. The highest BCUT2D eigenvalue weighted by molar-refractivity contribution is 5.80. The van der Waals surface area contributed by atoms with Gasteiger partial charge in [0.25, 0.3) is 0 Å². The van der Waals surface area contributed by atoms with Gasteiger partial charge in [-0.3, -0.25) is 4.79 Å². The third-order valence-electron chi connectivity index (χ3n) is 5.12. The first-order valence-corrected chi connectivity index (χ1v) is 7.14. The molecule has 6 heteroatoms. The Labute approximate surface area is 120 Å². The summed E-state index contributed by atoms with van der Waals surface area (Å²) in [6.07, 6.45) is 1.44. The zero-order valence-corrected chi connectivity index (χ0v) is 12.6. The molecule has 0 heterocycles. The van der Waals surface area contributed by atoms with E-state index < -0.39 is 25.4 Å². The summed E-state index contributed by atoms with van der Waals surface area (Å²) in [7, 11) is 0. The van der Waals surface area contributed by atoms with Crippen LogP contribution in [0.5, 0.6) is 0 Å². The Morgan fingerprint density at radius 3 is 2.20 bits per heavy atom. The third kappa shape index (κ3) is 3.14. The van der Waals surface area contributed by atoms with Crippen LogP contribution in [-0.2, 0) is 4.79 Å². The molecule has 0 radical (unpaired) electrons. The van der Waals surface area contributed by atoms with Crippen LogP contribution in [0.4, 0.5) is 0 Å². The maximum Gasteiger partial charge on any atom is 0.224 e. The monoisotopic (exact) mass is 288 g/mol. The van der Waals surface area contributed by atoms with Gasteiger partial charge in [-0.2, -0.15) is 0 Å². The summed E-state index contributed by atoms with van der Waals surface area (Å²) in [5, 5.41) is 30.5. The molecule has 3 atom stereocenters. The van der Waals surface area contributed by atoms with Crippen molar-refractivity contribution in [2.75, 3.05) is 19.8 Å². The number of amides is 1. The van der Waals surface area contributed by atoms with Crippen molar-refractivity contribution in [3.05, 3.63) is 0 Å². The van der Waals surface area contributed by atoms with E-state index >= 15 is 0 Å². The lowest BCUT2D eigenvalue weighted by Gasteiger charge is -2.47. The van der Waals surface area contributed by atoms with Gasteiger partial charge in [0.15, 0.2) is 0 Å². The summed E-state index contributed by atoms with van der Waals surface area (Å²) in [5.74, 6) is -0.300. The van der Waals surface area contributed by atoms with Crippen molar-refractivity contribution in [1.29, 1.82) is 0 Å². The van der Waals surface area contributed by atoms with Crippen LogP contribution >= 0.6 is 0 Å². The molecule has 0 aromatic carbocycles. The van der Waals surface area contributed by atoms with Gasteiger partial charge in [0, 0.05) is 12.0 Å². The lowest BCUT2D eigenvalue weighted by molar-refractivity contribution is -0.136. The molecular weight excluding hydrogens is 260 g/mol. The zero-order valence-electron chi connectivity index (χ0n) is 12.6. The largest absolute Gasteiger partial charge is 0.394 e. The second-order valence-electron chi connectivity index (χ2n) is 6.65. The van der Waals surface area contributed by atoms with Crippen molar-refractivity contribution >= 4 is 5.91 Å². The molecule has 6 nitrogen and oxygen atoms in total. The Morgan fingerprint density at radius 2 is 1.75 bits per heavy atom. The highest BCUT2D eigenvalue weighted by Crippen LogP contribution is 2.44. The van der Waals surface area contributed by atoms with Crippen molar-refractivity contribution in [3.63, 3.8) is 0 Å². The van der Waals surface area contributed by atoms with Crippen molar-refractivity contribution in [2.24, 2.45) is 23.0 Å². The average molecular weight is 288 g/mol. The predicted octanol–water partition coefficient (Wildman–Crippen LogP) is -0.782. The second-order valence-corrected chi connectivity index (χ2v) is 6.65. The quantitative estimate of drug-likeness (QED) is 0.455. The summed E-state index contributed by atoms with van der Waals surface area (Å²) < 4.78 is 0. The van der Waals surface area contributed by atoms with E-state index in [1.165, 1.54) is 0 Å². The van der Waals surface area contributed by atoms with Gasteiger partial charge in [-0.05, 0) is 24.2 Å². The minimum absolute atomic E-state index is 0.0762. The Balaban J connectivity index is 2.86. The number of aliphatic hydroxyl groups is 3. The molecule has 6 N–H and O–H groups in total. The minimum Gasteiger partial charge on any atom is -0.394 e. The number of nitrogens with two attached hydrogens (primary N) is 1. The van der Waals surface area contributed by atoms with Gasteiger partial charge in [0.05, 0.1) is 19.8 Å². The Bertz CT molecular complexity index is 334. The van der Waals surface area contributed by atoms with E-state index in [0.29, 0.717) is 6.42 Å². The number of carbonyl (C=O) groups excluding carboxylic acids is 1. The van der Waals surface area contributed by atoms with E-state index in [0.717, 1.165) is 6.42 Å². The summed E-state index contributed by atoms with van der Waals surface area (Å²) in [5.41, 5.74) is 4.44.